The van der Waals surface area contributed by atoms with Gasteiger partial charge in [0, 0.05) is 5.56 Å². The van der Waals surface area contributed by atoms with Crippen LogP contribution in [0.25, 0.3) is 5.76 Å². The first-order valence-electron chi connectivity index (χ1n) is 10.2. The lowest BCUT2D eigenvalue weighted by Crippen LogP contribution is -3.20. The van der Waals surface area contributed by atoms with Crippen LogP contribution >= 0.6 is 0 Å². The molecule has 4 rings (SSSR count). The van der Waals surface area contributed by atoms with E-state index in [1.807, 2.05) is 36.4 Å². The van der Waals surface area contributed by atoms with E-state index in [4.69, 9.17) is 0 Å². The van der Waals surface area contributed by atoms with Gasteiger partial charge in [-0.1, -0.05) is 60.7 Å². The Morgan fingerprint density at radius 1 is 1.00 bits per heavy atom. The molecule has 2 aromatic rings. The van der Waals surface area contributed by atoms with Crippen LogP contribution in [0.4, 0.5) is 0 Å². The van der Waals surface area contributed by atoms with Crippen LogP contribution in [0.1, 0.15) is 17.2 Å². The van der Waals surface area contributed by atoms with Gasteiger partial charge in [0.05, 0.1) is 24.7 Å². The van der Waals surface area contributed by atoms with E-state index in [0.29, 0.717) is 12.1 Å². The molecule has 150 valence electrons. The van der Waals surface area contributed by atoms with Gasteiger partial charge in [-0.2, -0.15) is 0 Å². The average molecular weight is 393 g/mol. The third kappa shape index (κ3) is 3.95. The standard InChI is InChI=1S/C23H25N3O3/c27-21(18-9-5-2-6-10-18)19-20(17-7-3-1-4-8-17)26(23(29)22(19)28)16-15-25-13-11-24-12-14-25/h1-10,20,24,27H,11-16H2/p+2/t20-/m0/s1. The molecule has 0 radical (unpaired) electrons. The second-order valence-electron chi connectivity index (χ2n) is 7.64. The number of quaternary nitrogens is 2. The fraction of sp³-hybridized carbons (Fsp3) is 0.304. The molecule has 0 aliphatic carbocycles. The van der Waals surface area contributed by atoms with Gasteiger partial charge < -0.3 is 20.2 Å². The Bertz CT molecular complexity index is 905. The first-order chi connectivity index (χ1) is 14.2. The van der Waals surface area contributed by atoms with Crippen molar-refractivity contribution in [3.05, 3.63) is 77.4 Å². The Hall–Kier alpha value is -2.96. The number of piperazine rings is 1. The SMILES string of the molecule is O=C1C(=O)N(CC[NH+]2CC[NH2+]CC2)[C@@H](c2ccccc2)C1=C(O)c1ccccc1. The van der Waals surface area contributed by atoms with Crippen molar-refractivity contribution in [2.45, 2.75) is 6.04 Å². The highest BCUT2D eigenvalue weighted by Gasteiger charge is 2.46. The van der Waals surface area contributed by atoms with E-state index in [-0.39, 0.29) is 11.3 Å². The van der Waals surface area contributed by atoms with Crippen LogP contribution in [-0.2, 0) is 9.59 Å². The fourth-order valence-electron chi connectivity index (χ4n) is 4.25. The predicted molar refractivity (Wildman–Crippen MR) is 109 cm³/mol. The van der Waals surface area contributed by atoms with Gasteiger partial charge in [-0.05, 0) is 5.56 Å². The maximum absolute atomic E-state index is 12.9. The van der Waals surface area contributed by atoms with E-state index in [1.165, 1.54) is 4.90 Å². The van der Waals surface area contributed by atoms with Gasteiger partial charge in [0.2, 0.25) is 0 Å². The van der Waals surface area contributed by atoms with Gasteiger partial charge in [-0.3, -0.25) is 9.59 Å². The number of nitrogens with two attached hydrogens (primary N) is 1. The molecule has 2 heterocycles. The van der Waals surface area contributed by atoms with Gasteiger partial charge in [-0.15, -0.1) is 0 Å². The summed E-state index contributed by atoms with van der Waals surface area (Å²) in [6, 6.07) is 17.9. The van der Waals surface area contributed by atoms with E-state index in [9.17, 15) is 14.7 Å². The second kappa shape index (κ2) is 8.59. The minimum atomic E-state index is -0.609. The molecule has 2 aliphatic heterocycles. The highest BCUT2D eigenvalue weighted by molar-refractivity contribution is 6.46. The Morgan fingerprint density at radius 2 is 1.62 bits per heavy atom. The molecule has 1 amide bonds. The summed E-state index contributed by atoms with van der Waals surface area (Å²) in [5, 5.41) is 13.3. The van der Waals surface area contributed by atoms with Crippen LogP contribution < -0.4 is 10.2 Å². The summed E-state index contributed by atoms with van der Waals surface area (Å²) in [5.74, 6) is -1.25. The molecule has 0 unspecified atom stereocenters. The number of amides is 1. The number of hydrogen-bond acceptors (Lipinski definition) is 3. The zero-order valence-electron chi connectivity index (χ0n) is 16.4. The lowest BCUT2D eigenvalue weighted by Gasteiger charge is -2.28. The lowest BCUT2D eigenvalue weighted by atomic mass is 9.95. The number of ketones is 1. The lowest BCUT2D eigenvalue weighted by molar-refractivity contribution is -0.946. The number of nitrogens with zero attached hydrogens (tertiary/aromatic N) is 1. The maximum Gasteiger partial charge on any atom is 0.295 e. The van der Waals surface area contributed by atoms with Crippen LogP contribution in [0, 0.1) is 0 Å². The molecule has 6 nitrogen and oxygen atoms in total. The Balaban J connectivity index is 1.70. The molecule has 2 saturated heterocycles. The normalized spacial score (nSPS) is 22.2. The maximum atomic E-state index is 12.9. The van der Waals surface area contributed by atoms with Crippen molar-refractivity contribution in [3.63, 3.8) is 0 Å². The molecule has 2 aromatic carbocycles. The molecule has 0 saturated carbocycles. The van der Waals surface area contributed by atoms with Crippen LogP contribution in [-0.4, -0.2) is 61.0 Å². The number of carbonyl (C=O) groups excluding carboxylic acids is 2. The van der Waals surface area contributed by atoms with E-state index >= 15 is 0 Å². The molecule has 2 fully saturated rings. The molecule has 0 spiro atoms. The van der Waals surface area contributed by atoms with Crippen molar-refractivity contribution >= 4 is 17.4 Å². The number of nitrogens with one attached hydrogen (secondary N) is 1. The Kier molecular flexibility index (Phi) is 5.74. The molecule has 0 aromatic heterocycles. The monoisotopic (exact) mass is 393 g/mol. The highest BCUT2D eigenvalue weighted by Crippen LogP contribution is 2.38. The summed E-state index contributed by atoms with van der Waals surface area (Å²) < 4.78 is 0. The van der Waals surface area contributed by atoms with Crippen LogP contribution in [0.3, 0.4) is 0 Å². The average Bonchev–Trinajstić information content (AvgIpc) is 3.04. The summed E-state index contributed by atoms with van der Waals surface area (Å²) in [4.78, 5) is 29.0. The van der Waals surface area contributed by atoms with Crippen molar-refractivity contribution < 1.29 is 24.9 Å². The van der Waals surface area contributed by atoms with E-state index < -0.39 is 17.7 Å². The van der Waals surface area contributed by atoms with Gasteiger partial charge in [0.15, 0.2) is 0 Å². The van der Waals surface area contributed by atoms with Gasteiger partial charge >= 0.3 is 0 Å². The van der Waals surface area contributed by atoms with Crippen LogP contribution in [0.2, 0.25) is 0 Å². The molecular formula is C23H27N3O3+2. The predicted octanol–water partition coefficient (Wildman–Crippen LogP) is -0.430. The number of aliphatic hydroxyl groups is 1. The number of benzene rings is 2. The minimum absolute atomic E-state index is 0.111. The second-order valence-corrected chi connectivity index (χ2v) is 7.64. The van der Waals surface area contributed by atoms with Crippen LogP contribution in [0.15, 0.2) is 66.2 Å². The van der Waals surface area contributed by atoms with Crippen molar-refractivity contribution in [3.8, 4) is 0 Å². The Labute approximate surface area is 170 Å². The fourth-order valence-corrected chi connectivity index (χ4v) is 4.25. The zero-order valence-corrected chi connectivity index (χ0v) is 16.4. The summed E-state index contributed by atoms with van der Waals surface area (Å²) >= 11 is 0. The third-order valence-electron chi connectivity index (χ3n) is 5.81. The first kappa shape index (κ1) is 19.4. The van der Waals surface area contributed by atoms with E-state index in [1.54, 1.807) is 29.2 Å². The molecular weight excluding hydrogens is 366 g/mol. The minimum Gasteiger partial charge on any atom is -0.507 e. The topological polar surface area (TPSA) is 78.7 Å². The number of aliphatic hydroxyl groups excluding tert-OH is 1. The summed E-state index contributed by atoms with van der Waals surface area (Å²) in [7, 11) is 0. The van der Waals surface area contributed by atoms with Gasteiger partial charge in [0.25, 0.3) is 11.7 Å². The number of carbonyl (C=O) groups is 2. The molecule has 1 atom stereocenters. The van der Waals surface area contributed by atoms with E-state index in [2.05, 4.69) is 5.32 Å². The largest absolute Gasteiger partial charge is 0.507 e. The zero-order chi connectivity index (χ0) is 20.2. The summed E-state index contributed by atoms with van der Waals surface area (Å²) in [5.41, 5.74) is 1.56. The number of hydrogen-bond donors (Lipinski definition) is 3. The van der Waals surface area contributed by atoms with Gasteiger partial charge in [-0.25, -0.2) is 0 Å². The molecule has 6 heteroatoms. The Morgan fingerprint density at radius 3 is 2.28 bits per heavy atom. The molecule has 29 heavy (non-hydrogen) atoms. The molecule has 0 bridgehead atoms. The number of rotatable bonds is 5. The smallest absolute Gasteiger partial charge is 0.295 e. The van der Waals surface area contributed by atoms with E-state index in [0.717, 1.165) is 38.3 Å². The summed E-state index contributed by atoms with van der Waals surface area (Å²) in [6.07, 6.45) is 0. The molecule has 4 N–H and O–H groups in total. The quantitative estimate of drug-likeness (QED) is 0.367. The number of likely N-dealkylation sites (tertiary alicyclic amines) is 1. The molecule has 2 aliphatic rings. The highest BCUT2D eigenvalue weighted by atomic mass is 16.3. The number of Topliss-reactive ketones (excluding diaryl/α,β-unsaturated/α-hetero) is 1. The van der Waals surface area contributed by atoms with Crippen molar-refractivity contribution in [2.75, 3.05) is 39.3 Å². The third-order valence-corrected chi connectivity index (χ3v) is 5.81. The van der Waals surface area contributed by atoms with Gasteiger partial charge in [0.1, 0.15) is 31.9 Å². The first-order valence-corrected chi connectivity index (χ1v) is 10.2. The van der Waals surface area contributed by atoms with Crippen molar-refractivity contribution in [2.24, 2.45) is 0 Å². The van der Waals surface area contributed by atoms with Crippen molar-refractivity contribution in [1.82, 2.24) is 4.90 Å². The van der Waals surface area contributed by atoms with Crippen molar-refractivity contribution in [1.29, 1.82) is 0 Å². The van der Waals surface area contributed by atoms with Crippen LogP contribution in [0.5, 0.6) is 0 Å². The summed E-state index contributed by atoms with van der Waals surface area (Å²) in [6.45, 7) is 5.59.